The smallest absolute Gasteiger partial charge is 0.219 e. The third-order valence-electron chi connectivity index (χ3n) is 4.81. The van der Waals surface area contributed by atoms with Crippen molar-refractivity contribution in [3.05, 3.63) is 104 Å². The van der Waals surface area contributed by atoms with Crippen LogP contribution in [0.3, 0.4) is 0 Å². The van der Waals surface area contributed by atoms with Crippen molar-refractivity contribution in [1.29, 1.82) is 5.26 Å². The zero-order valence-corrected chi connectivity index (χ0v) is 19.5. The molecule has 0 spiro atoms. The number of aryl methyl sites for hydroxylation is 1. The summed E-state index contributed by atoms with van der Waals surface area (Å²) < 4.78 is 26.5. The predicted molar refractivity (Wildman–Crippen MR) is 129 cm³/mol. The van der Waals surface area contributed by atoms with Crippen LogP contribution < -0.4 is 5.32 Å². The first kappa shape index (κ1) is 23.0. The fourth-order valence-electron chi connectivity index (χ4n) is 2.88. The Labute approximate surface area is 192 Å². The Balaban J connectivity index is 2.09. The number of nitrogens with zero attached hydrogens (tertiary/aromatic N) is 1. The summed E-state index contributed by atoms with van der Waals surface area (Å²) in [7, 11) is -4.01. The molecule has 0 fully saturated rings. The highest BCUT2D eigenvalue weighted by Crippen LogP contribution is 2.33. The number of thioether (sulfide) groups is 1. The zero-order chi connectivity index (χ0) is 22.4. The van der Waals surface area contributed by atoms with Gasteiger partial charge in [-0.25, -0.2) is 8.42 Å². The molecule has 0 unspecified atom stereocenters. The summed E-state index contributed by atoms with van der Waals surface area (Å²) in [6.07, 6.45) is 0. The van der Waals surface area contributed by atoms with E-state index in [2.05, 4.69) is 5.32 Å². The van der Waals surface area contributed by atoms with Crippen LogP contribution in [0.1, 0.15) is 16.7 Å². The minimum absolute atomic E-state index is 0.0742. The van der Waals surface area contributed by atoms with Gasteiger partial charge in [-0.3, -0.25) is 0 Å². The van der Waals surface area contributed by atoms with Crippen molar-refractivity contribution in [1.82, 2.24) is 0 Å². The summed E-state index contributed by atoms with van der Waals surface area (Å²) in [6.45, 7) is 3.93. The van der Waals surface area contributed by atoms with E-state index in [0.29, 0.717) is 10.8 Å². The quantitative estimate of drug-likeness (QED) is 0.402. The van der Waals surface area contributed by atoms with Gasteiger partial charge in [0.15, 0.2) is 4.91 Å². The van der Waals surface area contributed by atoms with Crippen LogP contribution in [0.25, 0.3) is 0 Å². The number of hydrogen-bond donors (Lipinski definition) is 1. The number of anilines is 1. The molecule has 31 heavy (non-hydrogen) atoms. The van der Waals surface area contributed by atoms with Crippen LogP contribution in [0.4, 0.5) is 5.69 Å². The van der Waals surface area contributed by atoms with Gasteiger partial charge in [-0.05, 0) is 54.8 Å². The number of allylic oxidation sites excluding steroid dienone is 1. The molecule has 0 aliphatic carbocycles. The second-order valence-corrected chi connectivity index (χ2v) is 10.1. The Bertz CT molecular complexity index is 1260. The van der Waals surface area contributed by atoms with E-state index in [9.17, 15) is 13.7 Å². The highest BCUT2D eigenvalue weighted by molar-refractivity contribution is 8.04. The maximum absolute atomic E-state index is 13.3. The number of halogens is 1. The molecule has 0 aliphatic heterocycles. The molecule has 0 aliphatic rings. The van der Waals surface area contributed by atoms with E-state index < -0.39 is 9.84 Å². The maximum Gasteiger partial charge on any atom is 0.219 e. The van der Waals surface area contributed by atoms with E-state index in [-0.39, 0.29) is 14.8 Å². The van der Waals surface area contributed by atoms with E-state index in [1.165, 1.54) is 23.9 Å². The molecule has 0 bridgehead atoms. The fraction of sp³-hybridized carbons (Fsp3) is 0.125. The van der Waals surface area contributed by atoms with E-state index in [4.69, 9.17) is 11.6 Å². The number of hydrogen-bond acceptors (Lipinski definition) is 5. The van der Waals surface area contributed by atoms with Crippen molar-refractivity contribution in [2.24, 2.45) is 0 Å². The number of benzene rings is 3. The Hall–Kier alpha value is -2.72. The summed E-state index contributed by atoms with van der Waals surface area (Å²) >= 11 is 7.51. The lowest BCUT2D eigenvalue weighted by Gasteiger charge is -2.16. The van der Waals surface area contributed by atoms with Gasteiger partial charge >= 0.3 is 0 Å². The number of sulfone groups is 1. The van der Waals surface area contributed by atoms with Gasteiger partial charge in [0.1, 0.15) is 11.1 Å². The molecule has 0 aromatic heterocycles. The molecule has 0 radical (unpaired) electrons. The highest BCUT2D eigenvalue weighted by Gasteiger charge is 2.26. The molecular weight excluding hydrogens is 448 g/mol. The number of nitrogens with one attached hydrogen (secondary N) is 1. The topological polar surface area (TPSA) is 70.0 Å². The molecule has 0 saturated heterocycles. The lowest BCUT2D eigenvalue weighted by molar-refractivity contribution is 0.603. The Morgan fingerprint density at radius 2 is 1.68 bits per heavy atom. The maximum atomic E-state index is 13.3. The molecule has 7 heteroatoms. The van der Waals surface area contributed by atoms with Crippen molar-refractivity contribution in [3.63, 3.8) is 0 Å². The van der Waals surface area contributed by atoms with E-state index in [1.807, 2.05) is 56.3 Å². The molecule has 3 aromatic rings. The molecule has 0 atom stereocenters. The standard InChI is InChI=1S/C24H21ClN2O2S2/c1-17-9-8-14-22(18(17)2)27-24(30-16-19-10-6-7-13-21(19)25)23(15-26)31(28,29)20-11-4-3-5-12-20/h3-14,27H,16H2,1-2H3/b24-23+. The minimum atomic E-state index is -4.01. The molecule has 0 heterocycles. The molecular formula is C24H21ClN2O2S2. The first-order valence-electron chi connectivity index (χ1n) is 9.48. The van der Waals surface area contributed by atoms with Gasteiger partial charge in [0.2, 0.25) is 9.84 Å². The second-order valence-electron chi connectivity index (χ2n) is 6.84. The van der Waals surface area contributed by atoms with Crippen molar-refractivity contribution in [2.45, 2.75) is 24.5 Å². The van der Waals surface area contributed by atoms with Crippen molar-refractivity contribution >= 4 is 38.9 Å². The highest BCUT2D eigenvalue weighted by atomic mass is 35.5. The molecule has 3 rings (SSSR count). The van der Waals surface area contributed by atoms with Gasteiger partial charge in [-0.1, -0.05) is 60.1 Å². The van der Waals surface area contributed by atoms with Gasteiger partial charge in [0.25, 0.3) is 0 Å². The van der Waals surface area contributed by atoms with Crippen LogP contribution in [0, 0.1) is 25.2 Å². The van der Waals surface area contributed by atoms with Crippen LogP contribution >= 0.6 is 23.4 Å². The average molecular weight is 469 g/mol. The third kappa shape index (κ3) is 5.31. The van der Waals surface area contributed by atoms with E-state index in [0.717, 1.165) is 22.4 Å². The van der Waals surface area contributed by atoms with Crippen LogP contribution in [0.2, 0.25) is 5.02 Å². The summed E-state index contributed by atoms with van der Waals surface area (Å²) in [6, 6.07) is 23.0. The molecule has 158 valence electrons. The largest absolute Gasteiger partial charge is 0.348 e. The second kappa shape index (κ2) is 10.1. The first-order chi connectivity index (χ1) is 14.8. The number of nitriles is 1. The van der Waals surface area contributed by atoms with Gasteiger partial charge in [0.05, 0.1) is 4.90 Å². The Kier molecular flexibility index (Phi) is 7.45. The summed E-state index contributed by atoms with van der Waals surface area (Å²) in [5.41, 5.74) is 3.64. The summed E-state index contributed by atoms with van der Waals surface area (Å²) in [5.74, 6) is 0.405. The zero-order valence-electron chi connectivity index (χ0n) is 17.1. The lowest BCUT2D eigenvalue weighted by Crippen LogP contribution is -2.11. The molecule has 1 N–H and O–H groups in total. The predicted octanol–water partition coefficient (Wildman–Crippen LogP) is 6.47. The van der Waals surface area contributed by atoms with Gasteiger partial charge in [-0.2, -0.15) is 5.26 Å². The first-order valence-corrected chi connectivity index (χ1v) is 12.3. The van der Waals surface area contributed by atoms with E-state index >= 15 is 0 Å². The van der Waals surface area contributed by atoms with Crippen LogP contribution in [0.15, 0.2) is 87.6 Å². The molecule has 0 amide bonds. The Morgan fingerprint density at radius 1 is 1.00 bits per heavy atom. The SMILES string of the molecule is Cc1cccc(N/C(SCc2ccccc2Cl)=C(/C#N)S(=O)(=O)c2ccccc2)c1C. The third-order valence-corrected chi connectivity index (χ3v) is 8.09. The normalized spacial score (nSPS) is 12.1. The fourth-order valence-corrected chi connectivity index (χ4v) is 5.75. The monoisotopic (exact) mass is 468 g/mol. The number of rotatable bonds is 7. The lowest BCUT2D eigenvalue weighted by atomic mass is 10.1. The van der Waals surface area contributed by atoms with Gasteiger partial charge in [-0.15, -0.1) is 11.8 Å². The van der Waals surface area contributed by atoms with Crippen LogP contribution in [-0.2, 0) is 15.6 Å². The molecule has 3 aromatic carbocycles. The van der Waals surface area contributed by atoms with E-state index in [1.54, 1.807) is 24.3 Å². The van der Waals surface area contributed by atoms with Gasteiger partial charge < -0.3 is 5.32 Å². The summed E-state index contributed by atoms with van der Waals surface area (Å²) in [5, 5.41) is 13.9. The average Bonchev–Trinajstić information content (AvgIpc) is 2.77. The van der Waals surface area contributed by atoms with Gasteiger partial charge in [0, 0.05) is 16.5 Å². The minimum Gasteiger partial charge on any atom is -0.348 e. The molecule has 4 nitrogen and oxygen atoms in total. The Morgan fingerprint density at radius 3 is 2.35 bits per heavy atom. The van der Waals surface area contributed by atoms with Crippen LogP contribution in [0.5, 0.6) is 0 Å². The summed E-state index contributed by atoms with van der Waals surface area (Å²) in [4.78, 5) is -0.248. The van der Waals surface area contributed by atoms with Crippen molar-refractivity contribution in [3.8, 4) is 6.07 Å². The van der Waals surface area contributed by atoms with Crippen LogP contribution in [-0.4, -0.2) is 8.42 Å². The van der Waals surface area contributed by atoms with Crippen molar-refractivity contribution < 1.29 is 8.42 Å². The molecule has 0 saturated carbocycles. The van der Waals surface area contributed by atoms with Crippen molar-refractivity contribution in [2.75, 3.05) is 5.32 Å².